The molecular weight excluding hydrogens is 374 g/mol. The molecule has 2 heterocycles. The third-order valence-electron chi connectivity index (χ3n) is 3.90. The molecule has 1 fully saturated rings. The van der Waals surface area contributed by atoms with Gasteiger partial charge in [0.15, 0.2) is 0 Å². The van der Waals surface area contributed by atoms with Crippen molar-refractivity contribution in [3.05, 3.63) is 52.6 Å². The Morgan fingerprint density at radius 2 is 1.96 bits per heavy atom. The number of pyridine rings is 1. The van der Waals surface area contributed by atoms with E-state index in [1.165, 1.54) is 6.20 Å². The summed E-state index contributed by atoms with van der Waals surface area (Å²) in [5.74, 6) is 0.295. The maximum Gasteiger partial charge on any atom is 0.255 e. The molecule has 1 atom stereocenters. The van der Waals surface area contributed by atoms with E-state index in [2.05, 4.69) is 20.9 Å². The summed E-state index contributed by atoms with van der Waals surface area (Å²) in [5.41, 5.74) is 5.75. The summed E-state index contributed by atoms with van der Waals surface area (Å²) in [6, 6.07) is 10.7. The minimum Gasteiger partial charge on any atom is -0.439 e. The number of primary amides is 1. The largest absolute Gasteiger partial charge is 0.439 e. The van der Waals surface area contributed by atoms with Crippen LogP contribution >= 0.6 is 15.9 Å². The zero-order chi connectivity index (χ0) is 17.1. The molecule has 24 heavy (non-hydrogen) atoms. The van der Waals surface area contributed by atoms with E-state index < -0.39 is 0 Å². The number of ether oxygens (including phenoxy) is 1. The third-order valence-corrected chi connectivity index (χ3v) is 4.43. The van der Waals surface area contributed by atoms with Gasteiger partial charge in [-0.2, -0.15) is 0 Å². The van der Waals surface area contributed by atoms with Gasteiger partial charge in [0.2, 0.25) is 11.8 Å². The summed E-state index contributed by atoms with van der Waals surface area (Å²) in [6.45, 7) is 0.898. The van der Waals surface area contributed by atoms with Gasteiger partial charge in [-0.3, -0.25) is 9.59 Å². The van der Waals surface area contributed by atoms with Crippen LogP contribution in [0.1, 0.15) is 16.8 Å². The van der Waals surface area contributed by atoms with Gasteiger partial charge < -0.3 is 15.4 Å². The van der Waals surface area contributed by atoms with Crippen LogP contribution in [0.3, 0.4) is 0 Å². The lowest BCUT2D eigenvalue weighted by Crippen LogP contribution is -2.31. The first-order valence-electron chi connectivity index (χ1n) is 7.51. The average Bonchev–Trinajstić information content (AvgIpc) is 3.07. The van der Waals surface area contributed by atoms with Gasteiger partial charge in [-0.1, -0.05) is 15.9 Å². The predicted molar refractivity (Wildman–Crippen MR) is 91.7 cm³/mol. The molecule has 1 aliphatic heterocycles. The Balaban J connectivity index is 1.65. The molecule has 6 nitrogen and oxygen atoms in total. The molecule has 7 heteroatoms. The van der Waals surface area contributed by atoms with Gasteiger partial charge in [-0.25, -0.2) is 4.98 Å². The summed E-state index contributed by atoms with van der Waals surface area (Å²) in [4.78, 5) is 29.4. The Labute approximate surface area is 147 Å². The molecule has 1 saturated heterocycles. The normalized spacial score (nSPS) is 16.9. The lowest BCUT2D eigenvalue weighted by molar-refractivity contribution is -0.121. The average molecular weight is 390 g/mol. The standard InChI is InChI=1S/C17H16BrN3O3/c18-13-2-4-14(5-3-13)24-15-6-1-11(9-20-15)17(23)21-8-7-12(10-21)16(19)22/h1-6,9,12H,7-8,10H2,(H2,19,22). The van der Waals surface area contributed by atoms with Gasteiger partial charge in [-0.15, -0.1) is 0 Å². The molecule has 0 radical (unpaired) electrons. The lowest BCUT2D eigenvalue weighted by atomic mass is 10.1. The first-order valence-corrected chi connectivity index (χ1v) is 8.30. The van der Waals surface area contributed by atoms with Crippen molar-refractivity contribution < 1.29 is 14.3 Å². The SMILES string of the molecule is NC(=O)C1CCN(C(=O)c2ccc(Oc3ccc(Br)cc3)nc2)C1. The Bertz CT molecular complexity index is 747. The smallest absolute Gasteiger partial charge is 0.255 e. The van der Waals surface area contributed by atoms with Crippen molar-refractivity contribution in [1.29, 1.82) is 0 Å². The first-order chi connectivity index (χ1) is 11.5. The molecular formula is C17H16BrN3O3. The summed E-state index contributed by atoms with van der Waals surface area (Å²) in [5, 5.41) is 0. The van der Waals surface area contributed by atoms with E-state index in [0.29, 0.717) is 36.7 Å². The van der Waals surface area contributed by atoms with E-state index in [0.717, 1.165) is 4.47 Å². The Kier molecular flexibility index (Phi) is 4.80. The fourth-order valence-electron chi connectivity index (χ4n) is 2.55. The second kappa shape index (κ2) is 7.00. The van der Waals surface area contributed by atoms with Crippen LogP contribution in [0.2, 0.25) is 0 Å². The fourth-order valence-corrected chi connectivity index (χ4v) is 2.81. The van der Waals surface area contributed by atoms with Gasteiger partial charge in [0.1, 0.15) is 5.75 Å². The van der Waals surface area contributed by atoms with Gasteiger partial charge in [0.25, 0.3) is 5.91 Å². The molecule has 1 aromatic heterocycles. The van der Waals surface area contributed by atoms with Crippen molar-refractivity contribution in [2.75, 3.05) is 13.1 Å². The second-order valence-corrected chi connectivity index (χ2v) is 6.50. The van der Waals surface area contributed by atoms with Crippen LogP contribution in [0.4, 0.5) is 0 Å². The molecule has 0 spiro atoms. The first kappa shape index (κ1) is 16.4. The molecule has 0 bridgehead atoms. The van der Waals surface area contributed by atoms with E-state index in [4.69, 9.17) is 10.5 Å². The minimum absolute atomic E-state index is 0.151. The van der Waals surface area contributed by atoms with Gasteiger partial charge in [0, 0.05) is 29.8 Å². The number of hydrogen-bond acceptors (Lipinski definition) is 4. The predicted octanol–water partition coefficient (Wildman–Crippen LogP) is 2.58. The summed E-state index contributed by atoms with van der Waals surface area (Å²) >= 11 is 3.36. The number of likely N-dealkylation sites (tertiary alicyclic amines) is 1. The number of carbonyl (C=O) groups is 2. The molecule has 0 saturated carbocycles. The molecule has 2 amide bonds. The van der Waals surface area contributed by atoms with E-state index in [9.17, 15) is 9.59 Å². The summed E-state index contributed by atoms with van der Waals surface area (Å²) in [7, 11) is 0. The number of nitrogens with two attached hydrogens (primary N) is 1. The number of nitrogens with zero attached hydrogens (tertiary/aromatic N) is 2. The number of benzene rings is 1. The van der Waals surface area contributed by atoms with Crippen molar-refractivity contribution in [3.8, 4) is 11.6 Å². The second-order valence-electron chi connectivity index (χ2n) is 5.58. The zero-order valence-electron chi connectivity index (χ0n) is 12.8. The van der Waals surface area contributed by atoms with Crippen molar-refractivity contribution in [1.82, 2.24) is 9.88 Å². The summed E-state index contributed by atoms with van der Waals surface area (Å²) < 4.78 is 6.59. The van der Waals surface area contributed by atoms with E-state index in [1.807, 2.05) is 24.3 Å². The molecule has 2 N–H and O–H groups in total. The highest BCUT2D eigenvalue weighted by Crippen LogP contribution is 2.23. The quantitative estimate of drug-likeness (QED) is 0.870. The van der Waals surface area contributed by atoms with E-state index in [-0.39, 0.29) is 17.7 Å². The number of aromatic nitrogens is 1. The number of halogens is 1. The molecule has 2 aromatic rings. The fraction of sp³-hybridized carbons (Fsp3) is 0.235. The van der Waals surface area contributed by atoms with Crippen molar-refractivity contribution >= 4 is 27.7 Å². The Hall–Kier alpha value is -2.41. The Morgan fingerprint density at radius 3 is 2.54 bits per heavy atom. The van der Waals surface area contributed by atoms with Crippen molar-refractivity contribution in [2.24, 2.45) is 11.7 Å². The molecule has 1 unspecified atom stereocenters. The van der Waals surface area contributed by atoms with Crippen LogP contribution < -0.4 is 10.5 Å². The monoisotopic (exact) mass is 389 g/mol. The number of amides is 2. The highest BCUT2D eigenvalue weighted by Gasteiger charge is 2.30. The minimum atomic E-state index is -0.360. The number of carbonyl (C=O) groups excluding carboxylic acids is 2. The van der Waals surface area contributed by atoms with Crippen LogP contribution in [-0.4, -0.2) is 34.8 Å². The highest BCUT2D eigenvalue weighted by atomic mass is 79.9. The van der Waals surface area contributed by atoms with Gasteiger partial charge >= 0.3 is 0 Å². The molecule has 3 rings (SSSR count). The number of hydrogen-bond donors (Lipinski definition) is 1. The van der Waals surface area contributed by atoms with Crippen LogP contribution in [0.5, 0.6) is 11.6 Å². The molecule has 0 aliphatic carbocycles. The van der Waals surface area contributed by atoms with Crippen LogP contribution in [-0.2, 0) is 4.79 Å². The van der Waals surface area contributed by atoms with E-state index in [1.54, 1.807) is 17.0 Å². The van der Waals surface area contributed by atoms with Crippen molar-refractivity contribution in [3.63, 3.8) is 0 Å². The highest BCUT2D eigenvalue weighted by molar-refractivity contribution is 9.10. The van der Waals surface area contributed by atoms with Crippen LogP contribution in [0.15, 0.2) is 47.1 Å². The summed E-state index contributed by atoms with van der Waals surface area (Å²) in [6.07, 6.45) is 2.09. The topological polar surface area (TPSA) is 85.5 Å². The van der Waals surface area contributed by atoms with Gasteiger partial charge in [0.05, 0.1) is 11.5 Å². The Morgan fingerprint density at radius 1 is 1.21 bits per heavy atom. The van der Waals surface area contributed by atoms with E-state index >= 15 is 0 Å². The molecule has 1 aliphatic rings. The van der Waals surface area contributed by atoms with Crippen molar-refractivity contribution in [2.45, 2.75) is 6.42 Å². The molecule has 1 aromatic carbocycles. The third kappa shape index (κ3) is 3.73. The van der Waals surface area contributed by atoms with Gasteiger partial charge in [-0.05, 0) is 36.8 Å². The maximum atomic E-state index is 12.4. The number of rotatable bonds is 4. The van der Waals surface area contributed by atoms with Crippen LogP contribution in [0, 0.1) is 5.92 Å². The lowest BCUT2D eigenvalue weighted by Gasteiger charge is -2.15. The zero-order valence-corrected chi connectivity index (χ0v) is 14.4. The maximum absolute atomic E-state index is 12.4. The van der Waals surface area contributed by atoms with Crippen LogP contribution in [0.25, 0.3) is 0 Å². The molecule has 124 valence electrons.